The second-order valence-corrected chi connectivity index (χ2v) is 6.25. The highest BCUT2D eigenvalue weighted by Gasteiger charge is 2.09. The molecule has 1 heterocycles. The monoisotopic (exact) mass is 379 g/mol. The van der Waals surface area contributed by atoms with E-state index in [0.717, 1.165) is 18.4 Å². The zero-order valence-electron chi connectivity index (χ0n) is 15.8. The number of hydrogen-bond acceptors (Lipinski definition) is 6. The van der Waals surface area contributed by atoms with Crippen LogP contribution in [0.1, 0.15) is 36.5 Å². The fourth-order valence-corrected chi connectivity index (χ4v) is 2.51. The van der Waals surface area contributed by atoms with Crippen molar-refractivity contribution in [3.05, 3.63) is 60.0 Å². The second-order valence-electron chi connectivity index (χ2n) is 6.25. The number of anilines is 1. The van der Waals surface area contributed by atoms with Gasteiger partial charge >= 0.3 is 0 Å². The van der Waals surface area contributed by atoms with Crippen LogP contribution in [0.15, 0.2) is 52.9 Å². The number of amides is 1. The molecule has 2 aromatic carbocycles. The summed E-state index contributed by atoms with van der Waals surface area (Å²) in [5.74, 6) is 1.32. The van der Waals surface area contributed by atoms with E-state index in [2.05, 4.69) is 15.5 Å². The molecule has 7 heteroatoms. The molecule has 0 saturated heterocycles. The topological polar surface area (TPSA) is 94.3 Å². The van der Waals surface area contributed by atoms with Gasteiger partial charge in [0.15, 0.2) is 12.4 Å². The lowest BCUT2D eigenvalue weighted by Crippen LogP contribution is -2.20. The standard InChI is InChI=1S/C21H21N3O4/c1-3-4-20-23-24-21(28-20)16-7-11-18(12-8-16)27-13-19(26)22-17-9-5-15(6-10-17)14(2)25/h5-12H,3-4,13H2,1-2H3,(H,22,26). The maximum absolute atomic E-state index is 12.0. The van der Waals surface area contributed by atoms with E-state index >= 15 is 0 Å². The fourth-order valence-electron chi connectivity index (χ4n) is 2.51. The molecule has 0 aliphatic rings. The zero-order chi connectivity index (χ0) is 19.9. The van der Waals surface area contributed by atoms with Gasteiger partial charge in [0.1, 0.15) is 5.75 Å². The van der Waals surface area contributed by atoms with Crippen molar-refractivity contribution < 1.29 is 18.7 Å². The third kappa shape index (κ3) is 5.03. The molecule has 0 spiro atoms. The van der Waals surface area contributed by atoms with Gasteiger partial charge in [0.05, 0.1) is 0 Å². The molecule has 3 rings (SSSR count). The minimum Gasteiger partial charge on any atom is -0.484 e. The number of rotatable bonds is 8. The normalized spacial score (nSPS) is 10.5. The molecule has 7 nitrogen and oxygen atoms in total. The van der Waals surface area contributed by atoms with Gasteiger partial charge in [-0.15, -0.1) is 10.2 Å². The molecule has 0 fully saturated rings. The summed E-state index contributed by atoms with van der Waals surface area (Å²) < 4.78 is 11.1. The van der Waals surface area contributed by atoms with E-state index in [1.54, 1.807) is 48.5 Å². The molecular formula is C21H21N3O4. The highest BCUT2D eigenvalue weighted by molar-refractivity contribution is 5.95. The molecule has 3 aromatic rings. The first kappa shape index (κ1) is 19.3. The predicted octanol–water partition coefficient (Wildman–Crippen LogP) is 3.91. The summed E-state index contributed by atoms with van der Waals surface area (Å²) in [6, 6.07) is 13.8. The average Bonchev–Trinajstić information content (AvgIpc) is 3.16. The Hall–Kier alpha value is -3.48. The van der Waals surface area contributed by atoms with E-state index in [9.17, 15) is 9.59 Å². The summed E-state index contributed by atoms with van der Waals surface area (Å²) in [6.07, 6.45) is 1.69. The van der Waals surface area contributed by atoms with E-state index in [1.807, 2.05) is 6.92 Å². The Balaban J connectivity index is 1.52. The van der Waals surface area contributed by atoms with Crippen LogP contribution in [-0.2, 0) is 11.2 Å². The van der Waals surface area contributed by atoms with Gasteiger partial charge in [-0.3, -0.25) is 9.59 Å². The van der Waals surface area contributed by atoms with Gasteiger partial charge in [-0.05, 0) is 61.9 Å². The van der Waals surface area contributed by atoms with Gasteiger partial charge < -0.3 is 14.5 Å². The summed E-state index contributed by atoms with van der Waals surface area (Å²) in [5.41, 5.74) is 1.99. The van der Waals surface area contributed by atoms with Crippen LogP contribution in [0.25, 0.3) is 11.5 Å². The maximum atomic E-state index is 12.0. The molecule has 0 unspecified atom stereocenters. The highest BCUT2D eigenvalue weighted by atomic mass is 16.5. The Morgan fingerprint density at radius 1 is 1.04 bits per heavy atom. The third-order valence-corrected chi connectivity index (χ3v) is 3.98. The van der Waals surface area contributed by atoms with Crippen molar-refractivity contribution >= 4 is 17.4 Å². The van der Waals surface area contributed by atoms with Gasteiger partial charge in [0.2, 0.25) is 11.8 Å². The molecule has 144 valence electrons. The van der Waals surface area contributed by atoms with Crippen LogP contribution >= 0.6 is 0 Å². The van der Waals surface area contributed by atoms with Crippen LogP contribution in [0.3, 0.4) is 0 Å². The lowest BCUT2D eigenvalue weighted by Gasteiger charge is -2.08. The Kier molecular flexibility index (Phi) is 6.16. The van der Waals surface area contributed by atoms with Crippen LogP contribution in [0.4, 0.5) is 5.69 Å². The second kappa shape index (κ2) is 8.94. The summed E-state index contributed by atoms with van der Waals surface area (Å²) in [4.78, 5) is 23.3. The first-order valence-electron chi connectivity index (χ1n) is 9.01. The molecule has 0 aliphatic carbocycles. The first-order valence-corrected chi connectivity index (χ1v) is 9.01. The van der Waals surface area contributed by atoms with E-state index in [1.165, 1.54) is 6.92 Å². The van der Waals surface area contributed by atoms with Crippen molar-refractivity contribution in [3.63, 3.8) is 0 Å². The lowest BCUT2D eigenvalue weighted by molar-refractivity contribution is -0.118. The molecule has 0 radical (unpaired) electrons. The van der Waals surface area contributed by atoms with Gasteiger partial charge in [0, 0.05) is 23.2 Å². The molecule has 0 atom stereocenters. The lowest BCUT2D eigenvalue weighted by atomic mass is 10.1. The predicted molar refractivity (Wildman–Crippen MR) is 104 cm³/mol. The van der Waals surface area contributed by atoms with Crippen LogP contribution < -0.4 is 10.1 Å². The first-order chi connectivity index (χ1) is 13.5. The van der Waals surface area contributed by atoms with Crippen molar-refractivity contribution in [2.45, 2.75) is 26.7 Å². The number of nitrogens with zero attached hydrogens (tertiary/aromatic N) is 2. The van der Waals surface area contributed by atoms with E-state index < -0.39 is 0 Å². The maximum Gasteiger partial charge on any atom is 0.262 e. The van der Waals surface area contributed by atoms with E-state index in [0.29, 0.717) is 28.8 Å². The summed E-state index contributed by atoms with van der Waals surface area (Å²) >= 11 is 0. The quantitative estimate of drug-likeness (QED) is 0.596. The Labute approximate surface area is 162 Å². The van der Waals surface area contributed by atoms with Gasteiger partial charge in [-0.25, -0.2) is 0 Å². The third-order valence-electron chi connectivity index (χ3n) is 3.98. The smallest absolute Gasteiger partial charge is 0.262 e. The molecule has 28 heavy (non-hydrogen) atoms. The van der Waals surface area contributed by atoms with E-state index in [4.69, 9.17) is 9.15 Å². The number of aryl methyl sites for hydroxylation is 1. The van der Waals surface area contributed by atoms with Gasteiger partial charge in [-0.2, -0.15) is 0 Å². The number of carbonyl (C=O) groups is 2. The van der Waals surface area contributed by atoms with Crippen molar-refractivity contribution in [1.82, 2.24) is 10.2 Å². The van der Waals surface area contributed by atoms with Crippen molar-refractivity contribution in [2.24, 2.45) is 0 Å². The number of benzene rings is 2. The number of hydrogen-bond donors (Lipinski definition) is 1. The molecule has 1 amide bonds. The van der Waals surface area contributed by atoms with Crippen molar-refractivity contribution in [2.75, 3.05) is 11.9 Å². The minimum absolute atomic E-state index is 0.0215. The molecule has 1 aromatic heterocycles. The number of aromatic nitrogens is 2. The number of ether oxygens (including phenoxy) is 1. The molecule has 0 aliphatic heterocycles. The summed E-state index contributed by atoms with van der Waals surface area (Å²) in [7, 11) is 0. The number of nitrogens with one attached hydrogen (secondary N) is 1. The average molecular weight is 379 g/mol. The SMILES string of the molecule is CCCc1nnc(-c2ccc(OCC(=O)Nc3ccc(C(C)=O)cc3)cc2)o1. The Bertz CT molecular complexity index is 947. The van der Waals surface area contributed by atoms with Crippen LogP contribution in [0.5, 0.6) is 5.75 Å². The number of ketones is 1. The summed E-state index contributed by atoms with van der Waals surface area (Å²) in [5, 5.41) is 10.8. The van der Waals surface area contributed by atoms with Gasteiger partial charge in [-0.1, -0.05) is 6.92 Å². The Morgan fingerprint density at radius 2 is 1.75 bits per heavy atom. The van der Waals surface area contributed by atoms with Crippen LogP contribution in [-0.4, -0.2) is 28.5 Å². The highest BCUT2D eigenvalue weighted by Crippen LogP contribution is 2.21. The van der Waals surface area contributed by atoms with Crippen LogP contribution in [0, 0.1) is 0 Å². The van der Waals surface area contributed by atoms with Gasteiger partial charge in [0.25, 0.3) is 5.91 Å². The number of Topliss-reactive ketones (excluding diaryl/α,β-unsaturated/α-hetero) is 1. The largest absolute Gasteiger partial charge is 0.484 e. The van der Waals surface area contributed by atoms with Crippen molar-refractivity contribution in [3.8, 4) is 17.2 Å². The molecule has 1 N–H and O–H groups in total. The molecule has 0 bridgehead atoms. The fraction of sp³-hybridized carbons (Fsp3) is 0.238. The summed E-state index contributed by atoms with van der Waals surface area (Å²) in [6.45, 7) is 3.41. The minimum atomic E-state index is -0.291. The molecule has 0 saturated carbocycles. The van der Waals surface area contributed by atoms with Crippen LogP contribution in [0.2, 0.25) is 0 Å². The molecular weight excluding hydrogens is 358 g/mol. The van der Waals surface area contributed by atoms with Crippen molar-refractivity contribution in [1.29, 1.82) is 0 Å². The number of carbonyl (C=O) groups excluding carboxylic acids is 2. The zero-order valence-corrected chi connectivity index (χ0v) is 15.8. The van der Waals surface area contributed by atoms with E-state index in [-0.39, 0.29) is 18.3 Å². The Morgan fingerprint density at radius 3 is 2.39 bits per heavy atom.